The van der Waals surface area contributed by atoms with Crippen molar-refractivity contribution in [3.05, 3.63) is 22.0 Å². The van der Waals surface area contributed by atoms with E-state index in [9.17, 15) is 0 Å². The molecule has 0 saturated heterocycles. The Labute approximate surface area is 83.3 Å². The predicted molar refractivity (Wildman–Crippen MR) is 53.1 cm³/mol. The molecule has 0 saturated carbocycles. The summed E-state index contributed by atoms with van der Waals surface area (Å²) in [5.41, 5.74) is 3.73. The van der Waals surface area contributed by atoms with Crippen molar-refractivity contribution in [2.45, 2.75) is 39.0 Å². The number of fused-ring (bicyclic) bond motifs is 1. The Morgan fingerprint density at radius 3 is 2.62 bits per heavy atom. The summed E-state index contributed by atoms with van der Waals surface area (Å²) in [6, 6.07) is 0. The van der Waals surface area contributed by atoms with E-state index in [1.807, 2.05) is 6.92 Å². The lowest BCUT2D eigenvalue weighted by Crippen LogP contribution is -2.13. The average Bonchev–Trinajstić information content (AvgIpc) is 2.36. The van der Waals surface area contributed by atoms with Crippen molar-refractivity contribution in [2.24, 2.45) is 0 Å². The third-order valence-electron chi connectivity index (χ3n) is 2.91. The fourth-order valence-electron chi connectivity index (χ4n) is 2.09. The summed E-state index contributed by atoms with van der Waals surface area (Å²) in [7, 11) is 0. The van der Waals surface area contributed by atoms with Gasteiger partial charge in [-0.25, -0.2) is 0 Å². The summed E-state index contributed by atoms with van der Waals surface area (Å²) >= 11 is 6.05. The molecular weight excluding hydrogens is 184 g/mol. The van der Waals surface area contributed by atoms with E-state index in [1.165, 1.54) is 11.1 Å². The molecule has 2 nitrogen and oxygen atoms in total. The molecule has 1 aromatic rings. The van der Waals surface area contributed by atoms with Crippen LogP contribution in [-0.2, 0) is 11.8 Å². The third-order valence-corrected chi connectivity index (χ3v) is 3.17. The summed E-state index contributed by atoms with van der Waals surface area (Å²) in [6.45, 7) is 6.43. The summed E-state index contributed by atoms with van der Waals surface area (Å²) in [5.74, 6) is 0. The first kappa shape index (κ1) is 8.95. The maximum atomic E-state index is 6.05. The van der Waals surface area contributed by atoms with E-state index in [4.69, 9.17) is 11.6 Å². The van der Waals surface area contributed by atoms with Gasteiger partial charge in [-0.15, -0.1) is 5.10 Å². The van der Waals surface area contributed by atoms with Gasteiger partial charge in [0.15, 0.2) is 5.15 Å². The molecule has 3 heteroatoms. The smallest absolute Gasteiger partial charge is 0.154 e. The number of rotatable bonds is 0. The number of halogens is 1. The van der Waals surface area contributed by atoms with Crippen molar-refractivity contribution in [1.29, 1.82) is 0 Å². The largest absolute Gasteiger partial charge is 0.155 e. The highest BCUT2D eigenvalue weighted by atomic mass is 35.5. The van der Waals surface area contributed by atoms with E-state index in [1.54, 1.807) is 0 Å². The molecule has 0 atom stereocenters. The molecule has 0 unspecified atom stereocenters. The molecule has 0 spiro atoms. The van der Waals surface area contributed by atoms with Crippen LogP contribution in [0.4, 0.5) is 0 Å². The second-order valence-electron chi connectivity index (χ2n) is 4.31. The van der Waals surface area contributed by atoms with Gasteiger partial charge in [-0.05, 0) is 30.7 Å². The number of hydrogen-bond donors (Lipinski definition) is 0. The Balaban J connectivity index is 2.70. The molecule has 0 radical (unpaired) electrons. The molecule has 0 aliphatic heterocycles. The van der Waals surface area contributed by atoms with Gasteiger partial charge in [0.2, 0.25) is 0 Å². The highest BCUT2D eigenvalue weighted by molar-refractivity contribution is 6.30. The van der Waals surface area contributed by atoms with Gasteiger partial charge >= 0.3 is 0 Å². The van der Waals surface area contributed by atoms with E-state index in [0.717, 1.165) is 18.5 Å². The third kappa shape index (κ3) is 1.24. The average molecular weight is 197 g/mol. The van der Waals surface area contributed by atoms with Crippen LogP contribution in [0, 0.1) is 6.92 Å². The normalized spacial score (nSPS) is 18.8. The first-order valence-electron chi connectivity index (χ1n) is 4.54. The summed E-state index contributed by atoms with van der Waals surface area (Å²) in [4.78, 5) is 0. The van der Waals surface area contributed by atoms with Crippen LogP contribution in [0.2, 0.25) is 5.15 Å². The monoisotopic (exact) mass is 196 g/mol. The van der Waals surface area contributed by atoms with Crippen LogP contribution in [0.25, 0.3) is 0 Å². The molecule has 70 valence electrons. The van der Waals surface area contributed by atoms with Crippen LogP contribution >= 0.6 is 11.6 Å². The van der Waals surface area contributed by atoms with Crippen LogP contribution in [0.1, 0.15) is 37.1 Å². The minimum atomic E-state index is 0.174. The number of aromatic nitrogens is 2. The molecular formula is C10H13ClN2. The Bertz CT molecular complexity index is 358. The minimum Gasteiger partial charge on any atom is -0.154 e. The van der Waals surface area contributed by atoms with E-state index >= 15 is 0 Å². The maximum Gasteiger partial charge on any atom is 0.155 e. The Hall–Kier alpha value is -0.630. The van der Waals surface area contributed by atoms with Crippen LogP contribution in [0.15, 0.2) is 0 Å². The van der Waals surface area contributed by atoms with Crippen molar-refractivity contribution in [3.8, 4) is 0 Å². The molecule has 13 heavy (non-hydrogen) atoms. The molecule has 1 heterocycles. The van der Waals surface area contributed by atoms with Crippen molar-refractivity contribution in [1.82, 2.24) is 10.2 Å². The minimum absolute atomic E-state index is 0.174. The Kier molecular flexibility index (Phi) is 1.84. The van der Waals surface area contributed by atoms with Gasteiger partial charge in [0.05, 0.1) is 5.69 Å². The molecule has 1 aromatic heterocycles. The molecule has 1 aliphatic rings. The van der Waals surface area contributed by atoms with Crippen LogP contribution in [-0.4, -0.2) is 10.2 Å². The van der Waals surface area contributed by atoms with Gasteiger partial charge < -0.3 is 0 Å². The lowest BCUT2D eigenvalue weighted by molar-refractivity contribution is 0.521. The molecule has 0 bridgehead atoms. The van der Waals surface area contributed by atoms with Crippen LogP contribution < -0.4 is 0 Å². The van der Waals surface area contributed by atoms with Crippen molar-refractivity contribution >= 4 is 11.6 Å². The number of hydrogen-bond acceptors (Lipinski definition) is 2. The topological polar surface area (TPSA) is 25.8 Å². The summed E-state index contributed by atoms with van der Waals surface area (Å²) < 4.78 is 0. The number of nitrogens with zero attached hydrogens (tertiary/aromatic N) is 2. The molecule has 0 aromatic carbocycles. The van der Waals surface area contributed by atoms with E-state index in [-0.39, 0.29) is 5.41 Å². The quantitative estimate of drug-likeness (QED) is 0.638. The molecule has 0 fully saturated rings. The van der Waals surface area contributed by atoms with Crippen LogP contribution in [0.3, 0.4) is 0 Å². The fourth-order valence-corrected chi connectivity index (χ4v) is 2.50. The second kappa shape index (κ2) is 2.68. The van der Waals surface area contributed by atoms with E-state index < -0.39 is 0 Å². The molecule has 0 N–H and O–H groups in total. The first-order valence-corrected chi connectivity index (χ1v) is 4.92. The van der Waals surface area contributed by atoms with Crippen molar-refractivity contribution in [3.63, 3.8) is 0 Å². The predicted octanol–water partition coefficient (Wildman–Crippen LogP) is 2.66. The van der Waals surface area contributed by atoms with Crippen LogP contribution in [0.5, 0.6) is 0 Å². The van der Waals surface area contributed by atoms with Gasteiger partial charge in [0.1, 0.15) is 0 Å². The maximum absolute atomic E-state index is 6.05. The number of aryl methyl sites for hydroxylation is 1. The second-order valence-corrected chi connectivity index (χ2v) is 4.67. The summed E-state index contributed by atoms with van der Waals surface area (Å²) in [5, 5.41) is 8.58. The van der Waals surface area contributed by atoms with Gasteiger partial charge in [0.25, 0.3) is 0 Å². The van der Waals surface area contributed by atoms with Gasteiger partial charge in [-0.3, -0.25) is 0 Å². The zero-order chi connectivity index (χ0) is 9.64. The lowest BCUT2D eigenvalue weighted by atomic mass is 9.87. The Morgan fingerprint density at radius 2 is 2.00 bits per heavy atom. The fraction of sp³-hybridized carbons (Fsp3) is 0.600. The Morgan fingerprint density at radius 1 is 1.31 bits per heavy atom. The van der Waals surface area contributed by atoms with Gasteiger partial charge in [0, 0.05) is 5.56 Å². The molecule has 2 rings (SSSR count). The highest BCUT2D eigenvalue weighted by Gasteiger charge is 2.34. The van der Waals surface area contributed by atoms with E-state index in [2.05, 4.69) is 24.0 Å². The summed E-state index contributed by atoms with van der Waals surface area (Å²) in [6.07, 6.45) is 2.24. The highest BCUT2D eigenvalue weighted by Crippen LogP contribution is 2.41. The van der Waals surface area contributed by atoms with Crippen molar-refractivity contribution < 1.29 is 0 Å². The van der Waals surface area contributed by atoms with Gasteiger partial charge in [-0.1, -0.05) is 25.4 Å². The lowest BCUT2D eigenvalue weighted by Gasteiger charge is -2.19. The molecule has 1 aliphatic carbocycles. The van der Waals surface area contributed by atoms with E-state index in [0.29, 0.717) is 5.15 Å². The molecule has 0 amide bonds. The zero-order valence-electron chi connectivity index (χ0n) is 8.19. The van der Waals surface area contributed by atoms with Crippen molar-refractivity contribution in [2.75, 3.05) is 0 Å². The zero-order valence-corrected chi connectivity index (χ0v) is 8.94. The SMILES string of the molecule is Cc1nnc(Cl)c2c1CCC2(C)C. The van der Waals surface area contributed by atoms with Gasteiger partial charge in [-0.2, -0.15) is 5.10 Å². The first-order chi connectivity index (χ1) is 6.02. The standard InChI is InChI=1S/C10H13ClN2/c1-6-7-4-5-10(2,3)8(7)9(11)13-12-6/h4-5H2,1-3H3.